The Morgan fingerprint density at radius 2 is 1.95 bits per heavy atom. The molecule has 120 valence electrons. The summed E-state index contributed by atoms with van der Waals surface area (Å²) in [6.07, 6.45) is -4.43. The molecule has 0 aromatic heterocycles. The summed E-state index contributed by atoms with van der Waals surface area (Å²) < 4.78 is 15.1. The van der Waals surface area contributed by atoms with E-state index in [0.29, 0.717) is 0 Å². The molecule has 0 aromatic rings. The number of hydrogen-bond donors (Lipinski definition) is 2. The van der Waals surface area contributed by atoms with Crippen LogP contribution in [0.5, 0.6) is 0 Å². The monoisotopic (exact) mass is 302 g/mol. The molecule has 0 fully saturated rings. The predicted molar refractivity (Wildman–Crippen MR) is 72.1 cm³/mol. The van der Waals surface area contributed by atoms with E-state index in [0.717, 1.165) is 0 Å². The number of carbonyl (C=O) groups excluding carboxylic acids is 2. The van der Waals surface area contributed by atoms with Crippen LogP contribution in [0, 0.1) is 0 Å². The van der Waals surface area contributed by atoms with Gasteiger partial charge in [0.05, 0.1) is 6.61 Å². The zero-order valence-corrected chi connectivity index (χ0v) is 12.9. The van der Waals surface area contributed by atoms with Crippen molar-refractivity contribution in [2.45, 2.75) is 58.5 Å². The minimum absolute atomic E-state index is 0.0873. The third-order valence-electron chi connectivity index (χ3n) is 2.76. The Morgan fingerprint density at radius 1 is 1.38 bits per heavy atom. The SMILES string of the molecule is CCOC(=O)[C@@H](O)[C@H]1OC(C)=C(C(=O)OC(C)(C)C)[C@@H]1O. The van der Waals surface area contributed by atoms with E-state index in [1.165, 1.54) is 6.92 Å². The average molecular weight is 302 g/mol. The van der Waals surface area contributed by atoms with Crippen LogP contribution in [-0.4, -0.2) is 52.7 Å². The Hall–Kier alpha value is -1.60. The maximum absolute atomic E-state index is 12.0. The molecule has 1 heterocycles. The zero-order chi connectivity index (χ0) is 16.4. The first-order chi connectivity index (χ1) is 9.58. The summed E-state index contributed by atoms with van der Waals surface area (Å²) in [7, 11) is 0. The number of hydrogen-bond acceptors (Lipinski definition) is 7. The van der Waals surface area contributed by atoms with E-state index in [4.69, 9.17) is 9.47 Å². The molecule has 0 saturated heterocycles. The lowest BCUT2D eigenvalue weighted by Gasteiger charge is -2.22. The number of aliphatic hydroxyl groups excluding tert-OH is 2. The number of carbonyl (C=O) groups is 2. The van der Waals surface area contributed by atoms with Crippen molar-refractivity contribution in [3.8, 4) is 0 Å². The van der Waals surface area contributed by atoms with Crippen molar-refractivity contribution >= 4 is 11.9 Å². The number of allylic oxidation sites excluding steroid dienone is 1. The Balaban J connectivity index is 2.84. The lowest BCUT2D eigenvalue weighted by Crippen LogP contribution is -2.43. The first kappa shape index (κ1) is 17.5. The van der Waals surface area contributed by atoms with E-state index in [-0.39, 0.29) is 17.9 Å². The smallest absolute Gasteiger partial charge is 0.340 e. The Bertz CT molecular complexity index is 447. The summed E-state index contributed by atoms with van der Waals surface area (Å²) in [5.41, 5.74) is -0.833. The van der Waals surface area contributed by atoms with E-state index in [2.05, 4.69) is 4.74 Å². The highest BCUT2D eigenvalue weighted by Gasteiger charge is 2.45. The van der Waals surface area contributed by atoms with Gasteiger partial charge in [-0.2, -0.15) is 0 Å². The molecule has 0 saturated carbocycles. The molecule has 0 aliphatic carbocycles. The Morgan fingerprint density at radius 3 is 2.43 bits per heavy atom. The van der Waals surface area contributed by atoms with Gasteiger partial charge in [0, 0.05) is 0 Å². The number of rotatable bonds is 4. The maximum Gasteiger partial charge on any atom is 0.340 e. The van der Waals surface area contributed by atoms with Gasteiger partial charge >= 0.3 is 11.9 Å². The second-order valence-corrected chi connectivity index (χ2v) is 5.70. The van der Waals surface area contributed by atoms with Crippen LogP contribution in [0.1, 0.15) is 34.6 Å². The van der Waals surface area contributed by atoms with Crippen LogP contribution in [0.3, 0.4) is 0 Å². The normalized spacial score (nSPS) is 23.6. The van der Waals surface area contributed by atoms with Gasteiger partial charge < -0.3 is 24.4 Å². The van der Waals surface area contributed by atoms with Crippen LogP contribution in [0.2, 0.25) is 0 Å². The summed E-state index contributed by atoms with van der Waals surface area (Å²) in [6, 6.07) is 0. The van der Waals surface area contributed by atoms with Gasteiger partial charge in [0.25, 0.3) is 0 Å². The topological polar surface area (TPSA) is 102 Å². The van der Waals surface area contributed by atoms with Crippen molar-refractivity contribution in [1.82, 2.24) is 0 Å². The lowest BCUT2D eigenvalue weighted by atomic mass is 10.0. The average Bonchev–Trinajstić information content (AvgIpc) is 2.62. The predicted octanol–water partition coefficient (Wildman–Crippen LogP) is 0.286. The standard InChI is InChI=1S/C14H22O7/c1-6-19-13(18)10(16)11-9(15)8(7(2)20-11)12(17)21-14(3,4)5/h9-11,15-16H,6H2,1-5H3/t9-,10-,11-/m0/s1. The fourth-order valence-corrected chi connectivity index (χ4v) is 1.90. The number of aliphatic hydroxyl groups is 2. The second kappa shape index (κ2) is 6.44. The van der Waals surface area contributed by atoms with Crippen molar-refractivity contribution in [2.24, 2.45) is 0 Å². The summed E-state index contributed by atoms with van der Waals surface area (Å²) in [6.45, 7) is 8.20. The first-order valence-corrected chi connectivity index (χ1v) is 6.72. The Kier molecular flexibility index (Phi) is 5.36. The fourth-order valence-electron chi connectivity index (χ4n) is 1.90. The number of ether oxygens (including phenoxy) is 3. The van der Waals surface area contributed by atoms with Crippen molar-refractivity contribution in [3.63, 3.8) is 0 Å². The molecule has 21 heavy (non-hydrogen) atoms. The molecule has 1 rings (SSSR count). The minimum Gasteiger partial charge on any atom is -0.488 e. The fraction of sp³-hybridized carbons (Fsp3) is 0.714. The van der Waals surface area contributed by atoms with Gasteiger partial charge in [-0.3, -0.25) is 0 Å². The van der Waals surface area contributed by atoms with Crippen LogP contribution in [0.25, 0.3) is 0 Å². The van der Waals surface area contributed by atoms with Crippen molar-refractivity contribution in [3.05, 3.63) is 11.3 Å². The Labute approximate surface area is 123 Å². The molecule has 3 atom stereocenters. The minimum atomic E-state index is -1.69. The van der Waals surface area contributed by atoms with Gasteiger partial charge in [-0.1, -0.05) is 0 Å². The van der Waals surface area contributed by atoms with Gasteiger partial charge in [0.2, 0.25) is 0 Å². The van der Waals surface area contributed by atoms with E-state index < -0.39 is 35.9 Å². The first-order valence-electron chi connectivity index (χ1n) is 6.72. The molecule has 1 aliphatic rings. The quantitative estimate of drug-likeness (QED) is 0.719. The third kappa shape index (κ3) is 4.18. The third-order valence-corrected chi connectivity index (χ3v) is 2.76. The van der Waals surface area contributed by atoms with Gasteiger partial charge in [0.15, 0.2) is 12.2 Å². The second-order valence-electron chi connectivity index (χ2n) is 5.70. The highest BCUT2D eigenvalue weighted by Crippen LogP contribution is 2.30. The summed E-state index contributed by atoms with van der Waals surface area (Å²) in [4.78, 5) is 23.5. The van der Waals surface area contributed by atoms with Crippen LogP contribution >= 0.6 is 0 Å². The molecule has 0 radical (unpaired) electrons. The highest BCUT2D eigenvalue weighted by molar-refractivity contribution is 5.91. The van der Waals surface area contributed by atoms with E-state index in [9.17, 15) is 19.8 Å². The lowest BCUT2D eigenvalue weighted by molar-refractivity contribution is -0.163. The number of esters is 2. The maximum atomic E-state index is 12.0. The van der Waals surface area contributed by atoms with Crippen molar-refractivity contribution < 1.29 is 34.0 Å². The van der Waals surface area contributed by atoms with Crippen LogP contribution in [0.15, 0.2) is 11.3 Å². The van der Waals surface area contributed by atoms with E-state index in [1.54, 1.807) is 27.7 Å². The molecule has 7 heteroatoms. The highest BCUT2D eigenvalue weighted by atomic mass is 16.6. The van der Waals surface area contributed by atoms with Gasteiger partial charge in [-0.15, -0.1) is 0 Å². The van der Waals surface area contributed by atoms with Crippen LogP contribution in [0.4, 0.5) is 0 Å². The largest absolute Gasteiger partial charge is 0.488 e. The summed E-state index contributed by atoms with van der Waals surface area (Å²) in [5.74, 6) is -1.55. The van der Waals surface area contributed by atoms with E-state index >= 15 is 0 Å². The van der Waals surface area contributed by atoms with Crippen molar-refractivity contribution in [1.29, 1.82) is 0 Å². The molecule has 0 spiro atoms. The molecule has 0 aromatic carbocycles. The van der Waals surface area contributed by atoms with Crippen LogP contribution < -0.4 is 0 Å². The van der Waals surface area contributed by atoms with Crippen molar-refractivity contribution in [2.75, 3.05) is 6.61 Å². The molecule has 2 N–H and O–H groups in total. The molecule has 1 aliphatic heterocycles. The molecule has 0 bridgehead atoms. The molecule has 0 unspecified atom stereocenters. The van der Waals surface area contributed by atoms with E-state index in [1.807, 2.05) is 0 Å². The molecule has 7 nitrogen and oxygen atoms in total. The molecule has 0 amide bonds. The van der Waals surface area contributed by atoms with Crippen LogP contribution in [-0.2, 0) is 23.8 Å². The summed E-state index contributed by atoms with van der Waals surface area (Å²) >= 11 is 0. The van der Waals surface area contributed by atoms with Gasteiger partial charge in [0.1, 0.15) is 23.0 Å². The van der Waals surface area contributed by atoms with Gasteiger partial charge in [-0.25, -0.2) is 9.59 Å². The van der Waals surface area contributed by atoms with Gasteiger partial charge in [-0.05, 0) is 34.6 Å². The zero-order valence-electron chi connectivity index (χ0n) is 12.9. The summed E-state index contributed by atoms with van der Waals surface area (Å²) in [5, 5.41) is 20.0. The molecular formula is C14H22O7. The molecular weight excluding hydrogens is 280 g/mol.